The smallest absolute Gasteiger partial charge is 0.343 e. The van der Waals surface area contributed by atoms with Gasteiger partial charge in [0, 0.05) is 19.3 Å². The van der Waals surface area contributed by atoms with Crippen LogP contribution >= 0.6 is 0 Å². The quantitative estimate of drug-likeness (QED) is 0.0668. The van der Waals surface area contributed by atoms with E-state index in [0.717, 1.165) is 11.1 Å². The van der Waals surface area contributed by atoms with Crippen LogP contribution in [-0.4, -0.2) is 48.5 Å². The van der Waals surface area contributed by atoms with Crippen LogP contribution in [0.25, 0.3) is 32.9 Å². The van der Waals surface area contributed by atoms with Gasteiger partial charge in [0.15, 0.2) is 0 Å². The molecule has 3 aromatic heterocycles. The minimum absolute atomic E-state index is 0.0124. The number of aliphatic carboxylic acids is 2. The summed E-state index contributed by atoms with van der Waals surface area (Å²) in [5.74, 6) is -3.21. The molecule has 9 rings (SSSR count). The summed E-state index contributed by atoms with van der Waals surface area (Å²) < 4.78 is 15.6. The lowest BCUT2D eigenvalue weighted by Gasteiger charge is -2.08. The van der Waals surface area contributed by atoms with E-state index in [4.69, 9.17) is 23.5 Å². The van der Waals surface area contributed by atoms with E-state index in [-0.39, 0.29) is 71.6 Å². The fourth-order valence-corrected chi connectivity index (χ4v) is 7.36. The second-order valence-electron chi connectivity index (χ2n) is 15.4. The first kappa shape index (κ1) is 46.7. The first-order valence-electron chi connectivity index (χ1n) is 20.8. The number of carboxylic acid groups (broad SMARTS) is 3. The fraction of sp³-hybridized carbons (Fsp3) is 0.0943. The zero-order chi connectivity index (χ0) is 48.5. The number of fused-ring (bicyclic) bond motifs is 3. The largest absolute Gasteiger partial charge is 0.507 e. The van der Waals surface area contributed by atoms with Crippen molar-refractivity contribution >= 4 is 50.8 Å². The van der Waals surface area contributed by atoms with Gasteiger partial charge in [0.2, 0.25) is 0 Å². The zero-order valence-corrected chi connectivity index (χ0v) is 35.7. The highest BCUT2D eigenvalue weighted by Crippen LogP contribution is 2.30. The molecule has 0 bridgehead atoms. The maximum absolute atomic E-state index is 12.1. The van der Waals surface area contributed by atoms with Crippen molar-refractivity contribution in [2.45, 2.75) is 32.1 Å². The second-order valence-corrected chi connectivity index (χ2v) is 15.4. The lowest BCUT2D eigenvalue weighted by atomic mass is 9.99. The number of carbonyl (C=O) groups is 3. The number of benzene rings is 6. The lowest BCUT2D eigenvalue weighted by Crippen LogP contribution is -2.11. The maximum atomic E-state index is 12.1. The van der Waals surface area contributed by atoms with Gasteiger partial charge >= 0.3 is 34.8 Å². The van der Waals surface area contributed by atoms with Crippen LogP contribution in [-0.2, 0) is 41.7 Å². The van der Waals surface area contributed by atoms with Crippen LogP contribution < -0.4 is 16.9 Å². The molecular weight excluding hydrogens is 877 g/mol. The number of aromatic hydroxyl groups is 3. The highest BCUT2D eigenvalue weighted by molar-refractivity contribution is 5.90. The molecule has 0 spiro atoms. The van der Waals surface area contributed by atoms with E-state index in [1.165, 1.54) is 6.07 Å². The Labute approximate surface area is 384 Å². The third-order valence-corrected chi connectivity index (χ3v) is 10.8. The van der Waals surface area contributed by atoms with E-state index in [0.29, 0.717) is 49.6 Å². The van der Waals surface area contributed by atoms with Gasteiger partial charge in [-0.25, -0.2) is 19.2 Å². The second kappa shape index (κ2) is 20.7. The Morgan fingerprint density at radius 1 is 0.382 bits per heavy atom. The van der Waals surface area contributed by atoms with Gasteiger partial charge in [-0.15, -0.1) is 0 Å². The molecule has 15 nitrogen and oxygen atoms in total. The molecule has 0 saturated carbocycles. The molecule has 0 radical (unpaired) electrons. The molecule has 6 aromatic carbocycles. The van der Waals surface area contributed by atoms with Crippen molar-refractivity contribution in [3.63, 3.8) is 0 Å². The molecule has 0 atom stereocenters. The van der Waals surface area contributed by atoms with Crippen molar-refractivity contribution in [2.24, 2.45) is 0 Å². The molecule has 9 aromatic rings. The summed E-state index contributed by atoms with van der Waals surface area (Å²) in [6.45, 7) is 0. The van der Waals surface area contributed by atoms with Gasteiger partial charge < -0.3 is 43.9 Å². The summed E-state index contributed by atoms with van der Waals surface area (Å²) in [7, 11) is 0. The first-order valence-corrected chi connectivity index (χ1v) is 20.8. The highest BCUT2D eigenvalue weighted by atomic mass is 16.4. The van der Waals surface area contributed by atoms with Crippen LogP contribution in [0.15, 0.2) is 173 Å². The molecule has 15 heteroatoms. The van der Waals surface area contributed by atoms with Crippen LogP contribution in [0, 0.1) is 0 Å². The molecule has 0 saturated heterocycles. The molecule has 0 fully saturated rings. The van der Waals surface area contributed by atoms with Crippen LogP contribution in [0.5, 0.6) is 17.2 Å². The van der Waals surface area contributed by atoms with Crippen molar-refractivity contribution < 1.29 is 58.3 Å². The summed E-state index contributed by atoms with van der Waals surface area (Å²) in [5, 5.41) is 59.1. The lowest BCUT2D eigenvalue weighted by molar-refractivity contribution is -0.137. The average Bonchev–Trinajstić information content (AvgIpc) is 3.32. The Bertz CT molecular complexity index is 3350. The van der Waals surface area contributed by atoms with E-state index in [1.807, 2.05) is 0 Å². The third kappa shape index (κ3) is 11.0. The zero-order valence-electron chi connectivity index (χ0n) is 35.7. The summed E-state index contributed by atoms with van der Waals surface area (Å²) >= 11 is 0. The molecule has 342 valence electrons. The van der Waals surface area contributed by atoms with Gasteiger partial charge in [-0.1, -0.05) is 103 Å². The molecule has 0 aliphatic heterocycles. The number of para-hydroxylation sites is 3. The van der Waals surface area contributed by atoms with E-state index in [2.05, 4.69) is 0 Å². The van der Waals surface area contributed by atoms with Gasteiger partial charge in [-0.05, 0) is 70.3 Å². The van der Waals surface area contributed by atoms with Gasteiger partial charge in [-0.2, -0.15) is 0 Å². The van der Waals surface area contributed by atoms with E-state index in [9.17, 15) is 49.2 Å². The van der Waals surface area contributed by atoms with Crippen molar-refractivity contribution in [1.29, 1.82) is 0 Å². The van der Waals surface area contributed by atoms with Crippen molar-refractivity contribution in [1.82, 2.24) is 0 Å². The van der Waals surface area contributed by atoms with E-state index >= 15 is 0 Å². The van der Waals surface area contributed by atoms with Crippen LogP contribution in [0.2, 0.25) is 0 Å². The number of hydrogen-bond donors (Lipinski definition) is 6. The molecule has 68 heavy (non-hydrogen) atoms. The van der Waals surface area contributed by atoms with Crippen molar-refractivity contribution in [3.05, 3.63) is 227 Å². The van der Waals surface area contributed by atoms with Crippen molar-refractivity contribution in [3.8, 4) is 17.2 Å². The minimum Gasteiger partial charge on any atom is -0.507 e. The van der Waals surface area contributed by atoms with Crippen LogP contribution in [0.3, 0.4) is 0 Å². The molecule has 3 heterocycles. The number of rotatable bonds is 11. The predicted octanol–water partition coefficient (Wildman–Crippen LogP) is 8.22. The predicted molar refractivity (Wildman–Crippen MR) is 250 cm³/mol. The SMILES string of the molecule is O=C(O)Cc1ccc(Cc2c(O)c3ccccc3oc2=O)cc1.O=C(O)Cc1ccc(Cc2c(O)c3ccccc3oc2=O)cc1.O=C(O)c1ccccc1Cc1c(O)c2ccccc2oc1=O. The fourth-order valence-electron chi connectivity index (χ4n) is 7.36. The molecule has 0 aliphatic rings. The van der Waals surface area contributed by atoms with Gasteiger partial charge in [0.05, 0.1) is 51.3 Å². The average molecular weight is 917 g/mol. The topological polar surface area (TPSA) is 263 Å². The molecule has 0 unspecified atom stereocenters. The van der Waals surface area contributed by atoms with Gasteiger partial charge in [-0.3, -0.25) is 9.59 Å². The highest BCUT2D eigenvalue weighted by Gasteiger charge is 2.19. The third-order valence-electron chi connectivity index (χ3n) is 10.8. The summed E-state index contributed by atoms with van der Waals surface area (Å²) in [5.41, 5.74) is 3.05. The Hall–Kier alpha value is -9.24. The van der Waals surface area contributed by atoms with E-state index < -0.39 is 34.8 Å². The summed E-state index contributed by atoms with van der Waals surface area (Å²) in [6, 6.07) is 40.4. The van der Waals surface area contributed by atoms with E-state index in [1.54, 1.807) is 140 Å². The minimum atomic E-state index is -1.08. The molecule has 0 amide bonds. The Morgan fingerprint density at radius 3 is 1.04 bits per heavy atom. The summed E-state index contributed by atoms with van der Waals surface area (Å²) in [6.07, 6.45) is 0.313. The van der Waals surface area contributed by atoms with Crippen LogP contribution in [0.1, 0.15) is 54.9 Å². The number of aromatic carboxylic acids is 1. The van der Waals surface area contributed by atoms with Crippen LogP contribution in [0.4, 0.5) is 0 Å². The molecular formula is C53H40O15. The first-order chi connectivity index (χ1) is 32.7. The van der Waals surface area contributed by atoms with Gasteiger partial charge in [0.1, 0.15) is 34.0 Å². The summed E-state index contributed by atoms with van der Waals surface area (Å²) in [4.78, 5) is 68.8. The number of carboxylic acids is 3. The molecule has 0 aliphatic carbocycles. The number of hydrogen-bond acceptors (Lipinski definition) is 12. The Morgan fingerprint density at radius 2 is 0.691 bits per heavy atom. The Balaban J connectivity index is 0.000000151. The molecule has 6 N–H and O–H groups in total. The normalized spacial score (nSPS) is 10.8. The van der Waals surface area contributed by atoms with Crippen molar-refractivity contribution in [2.75, 3.05) is 0 Å². The standard InChI is InChI=1S/2C18H14O5.C17H12O5/c2*19-16(20)10-12-7-5-11(6-8-12)9-14-17(21)13-3-1-2-4-15(13)23-18(14)22;18-15-12-7-3-4-8-14(12)22-17(21)13(15)9-10-5-1-2-6-11(10)16(19)20/h2*1-8,21H,9-10H2,(H,19,20);1-8,18H,9H2,(H,19,20). The maximum Gasteiger partial charge on any atom is 0.343 e. The Kier molecular flexibility index (Phi) is 14.2. The van der Waals surface area contributed by atoms with Gasteiger partial charge in [0.25, 0.3) is 0 Å². The monoisotopic (exact) mass is 916 g/mol.